The average molecular weight is 424 g/mol. The number of ketones is 1. The highest BCUT2D eigenvalue weighted by Crippen LogP contribution is 2.35. The number of pyridine rings is 1. The van der Waals surface area contributed by atoms with Crippen LogP contribution in [0.2, 0.25) is 0 Å². The lowest BCUT2D eigenvalue weighted by Crippen LogP contribution is -2.47. The highest BCUT2D eigenvalue weighted by atomic mass is 19.1. The zero-order chi connectivity index (χ0) is 22.6. The zero-order valence-corrected chi connectivity index (χ0v) is 17.8. The Balaban J connectivity index is 1.79. The number of aliphatic imine (C=N–C) groups is 1. The molecular formula is C23H25FN4O3. The molecule has 8 heteroatoms. The maximum atomic E-state index is 14.6. The van der Waals surface area contributed by atoms with Gasteiger partial charge >= 0.3 is 0 Å². The Hall–Kier alpha value is -3.55. The molecule has 0 aliphatic carbocycles. The molecule has 0 spiro atoms. The molecule has 2 N–H and O–H groups in total. The smallest absolute Gasteiger partial charge is 0.231 e. The number of nitrogens with zero attached hydrogens (tertiary/aromatic N) is 3. The Morgan fingerprint density at radius 3 is 2.77 bits per heavy atom. The van der Waals surface area contributed by atoms with Crippen LogP contribution in [0.15, 0.2) is 53.7 Å². The van der Waals surface area contributed by atoms with Crippen LogP contribution in [0, 0.1) is 5.82 Å². The first-order valence-electron chi connectivity index (χ1n) is 9.87. The van der Waals surface area contributed by atoms with Gasteiger partial charge in [-0.25, -0.2) is 14.4 Å². The largest absolute Gasteiger partial charge is 0.488 e. The maximum Gasteiger partial charge on any atom is 0.231 e. The van der Waals surface area contributed by atoms with Crippen molar-refractivity contribution in [2.75, 3.05) is 13.7 Å². The fourth-order valence-corrected chi connectivity index (χ4v) is 3.31. The highest BCUT2D eigenvalue weighted by molar-refractivity contribution is 5.99. The van der Waals surface area contributed by atoms with Crippen LogP contribution >= 0.6 is 0 Å². The van der Waals surface area contributed by atoms with Gasteiger partial charge < -0.3 is 10.5 Å². The second kappa shape index (κ2) is 9.07. The van der Waals surface area contributed by atoms with Crippen molar-refractivity contribution in [3.8, 4) is 5.75 Å². The molecule has 0 radical (unpaired) electrons. The van der Waals surface area contributed by atoms with E-state index in [9.17, 15) is 14.0 Å². The van der Waals surface area contributed by atoms with E-state index in [1.54, 1.807) is 31.2 Å². The SMILES string of the molecule is C/C=C/COc1ccc(C(=O)Cc2ccc(F)c(C3(C)CC(=O)N(C)C(N)=N3)c2)nc1. The topological polar surface area (TPSA) is 97.9 Å². The Labute approximate surface area is 180 Å². The summed E-state index contributed by atoms with van der Waals surface area (Å²) in [7, 11) is 1.52. The van der Waals surface area contributed by atoms with Crippen molar-refractivity contribution >= 4 is 17.6 Å². The van der Waals surface area contributed by atoms with Crippen LogP contribution in [-0.4, -0.2) is 41.2 Å². The number of carbonyl (C=O) groups is 2. The molecule has 1 amide bonds. The van der Waals surface area contributed by atoms with E-state index in [0.717, 1.165) is 0 Å². The molecule has 1 aromatic heterocycles. The lowest BCUT2D eigenvalue weighted by atomic mass is 9.85. The summed E-state index contributed by atoms with van der Waals surface area (Å²) in [6.07, 6.45) is 5.25. The molecular weight excluding hydrogens is 399 g/mol. The normalized spacial score (nSPS) is 18.9. The van der Waals surface area contributed by atoms with Crippen molar-refractivity contribution in [3.05, 3.63) is 71.3 Å². The number of rotatable bonds is 7. The second-order valence-electron chi connectivity index (χ2n) is 7.55. The number of amides is 1. The molecule has 0 bridgehead atoms. The van der Waals surface area contributed by atoms with Crippen molar-refractivity contribution in [2.24, 2.45) is 10.7 Å². The van der Waals surface area contributed by atoms with Crippen molar-refractivity contribution in [1.29, 1.82) is 0 Å². The number of aromatic nitrogens is 1. The van der Waals surface area contributed by atoms with Crippen molar-refractivity contribution in [3.63, 3.8) is 0 Å². The van der Waals surface area contributed by atoms with E-state index in [-0.39, 0.29) is 41.7 Å². The number of hydrogen-bond acceptors (Lipinski definition) is 6. The van der Waals surface area contributed by atoms with Crippen LogP contribution in [0.5, 0.6) is 5.75 Å². The molecule has 1 atom stereocenters. The molecule has 31 heavy (non-hydrogen) atoms. The summed E-state index contributed by atoms with van der Waals surface area (Å²) < 4.78 is 20.1. The molecule has 162 valence electrons. The summed E-state index contributed by atoms with van der Waals surface area (Å²) in [4.78, 5) is 34.6. The van der Waals surface area contributed by atoms with Gasteiger partial charge in [-0.05, 0) is 43.7 Å². The van der Waals surface area contributed by atoms with Crippen LogP contribution < -0.4 is 10.5 Å². The number of hydrogen-bond donors (Lipinski definition) is 1. The molecule has 1 aliphatic rings. The molecule has 0 saturated heterocycles. The second-order valence-corrected chi connectivity index (χ2v) is 7.55. The van der Waals surface area contributed by atoms with Gasteiger partial charge in [-0.3, -0.25) is 14.5 Å². The lowest BCUT2D eigenvalue weighted by Gasteiger charge is -2.34. The number of Topliss-reactive ketones (excluding diaryl/α,β-unsaturated/α-hetero) is 1. The van der Waals surface area contributed by atoms with Crippen LogP contribution in [0.25, 0.3) is 0 Å². The first-order valence-corrected chi connectivity index (χ1v) is 9.87. The lowest BCUT2D eigenvalue weighted by molar-refractivity contribution is -0.128. The fraction of sp³-hybridized carbons (Fsp3) is 0.304. The molecule has 0 fully saturated rings. The minimum absolute atomic E-state index is 0.0191. The monoisotopic (exact) mass is 424 g/mol. The summed E-state index contributed by atoms with van der Waals surface area (Å²) in [5.41, 5.74) is 5.80. The number of nitrogens with two attached hydrogens (primary N) is 1. The van der Waals surface area contributed by atoms with Crippen molar-refractivity contribution in [2.45, 2.75) is 32.2 Å². The van der Waals surface area contributed by atoms with Gasteiger partial charge in [0.15, 0.2) is 11.7 Å². The standard InChI is InChI=1S/C23H25FN4O3/c1-4-5-10-31-16-7-9-19(26-14-16)20(29)12-15-6-8-18(24)17(11-15)23(2)13-21(30)28(3)22(25)27-23/h4-9,11,14H,10,12-13H2,1-3H3,(H2,25,27)/b5-4+. The quantitative estimate of drug-likeness (QED) is 0.544. The van der Waals surface area contributed by atoms with Gasteiger partial charge in [-0.1, -0.05) is 18.2 Å². The van der Waals surface area contributed by atoms with E-state index in [4.69, 9.17) is 10.5 Å². The summed E-state index contributed by atoms with van der Waals surface area (Å²) >= 11 is 0. The van der Waals surface area contributed by atoms with E-state index >= 15 is 0 Å². The number of guanidine groups is 1. The third-order valence-corrected chi connectivity index (χ3v) is 5.15. The van der Waals surface area contributed by atoms with Gasteiger partial charge in [0.1, 0.15) is 23.9 Å². The molecule has 1 aliphatic heterocycles. The van der Waals surface area contributed by atoms with Crippen molar-refractivity contribution < 1.29 is 18.7 Å². The van der Waals surface area contributed by atoms with Gasteiger partial charge in [0.25, 0.3) is 0 Å². The summed E-state index contributed by atoms with van der Waals surface area (Å²) in [6.45, 7) is 3.98. The summed E-state index contributed by atoms with van der Waals surface area (Å²) in [5, 5.41) is 0. The Morgan fingerprint density at radius 1 is 1.35 bits per heavy atom. The van der Waals surface area contributed by atoms with Crippen LogP contribution in [0.4, 0.5) is 4.39 Å². The van der Waals surface area contributed by atoms with Gasteiger partial charge in [0.2, 0.25) is 5.91 Å². The molecule has 0 saturated carbocycles. The number of benzene rings is 1. The zero-order valence-electron chi connectivity index (χ0n) is 17.8. The van der Waals surface area contributed by atoms with E-state index in [0.29, 0.717) is 17.9 Å². The summed E-state index contributed by atoms with van der Waals surface area (Å²) in [5.74, 6) is -0.384. The summed E-state index contributed by atoms with van der Waals surface area (Å²) in [6, 6.07) is 7.67. The number of halogens is 1. The van der Waals surface area contributed by atoms with E-state index in [1.807, 2.05) is 19.1 Å². The molecule has 3 rings (SSSR count). The van der Waals surface area contributed by atoms with Gasteiger partial charge in [-0.2, -0.15) is 0 Å². The number of allylic oxidation sites excluding steroid dienone is 1. The molecule has 2 heterocycles. The molecule has 7 nitrogen and oxygen atoms in total. The van der Waals surface area contributed by atoms with Crippen LogP contribution in [-0.2, 0) is 16.8 Å². The first-order chi connectivity index (χ1) is 14.7. The minimum atomic E-state index is -1.14. The van der Waals surface area contributed by atoms with Gasteiger partial charge in [0.05, 0.1) is 18.2 Å². The third kappa shape index (κ3) is 4.96. The minimum Gasteiger partial charge on any atom is -0.488 e. The first kappa shape index (κ1) is 22.1. The van der Waals surface area contributed by atoms with Gasteiger partial charge in [0, 0.05) is 19.0 Å². The number of carbonyl (C=O) groups excluding carboxylic acids is 2. The van der Waals surface area contributed by atoms with E-state index in [2.05, 4.69) is 9.98 Å². The molecule has 1 unspecified atom stereocenters. The fourth-order valence-electron chi connectivity index (χ4n) is 3.31. The number of ether oxygens (including phenoxy) is 1. The predicted molar refractivity (Wildman–Crippen MR) is 115 cm³/mol. The average Bonchev–Trinajstić information content (AvgIpc) is 2.74. The maximum absolute atomic E-state index is 14.6. The molecule has 2 aromatic rings. The van der Waals surface area contributed by atoms with E-state index in [1.165, 1.54) is 24.2 Å². The van der Waals surface area contributed by atoms with E-state index < -0.39 is 11.4 Å². The van der Waals surface area contributed by atoms with Crippen LogP contribution in [0.3, 0.4) is 0 Å². The Morgan fingerprint density at radius 2 is 2.13 bits per heavy atom. The third-order valence-electron chi connectivity index (χ3n) is 5.15. The Kier molecular flexibility index (Phi) is 6.48. The van der Waals surface area contributed by atoms with Crippen LogP contribution in [0.1, 0.15) is 41.9 Å². The van der Waals surface area contributed by atoms with Crippen molar-refractivity contribution in [1.82, 2.24) is 9.88 Å². The Bertz CT molecular complexity index is 1050. The van der Waals surface area contributed by atoms with Gasteiger partial charge in [-0.15, -0.1) is 0 Å². The highest BCUT2D eigenvalue weighted by Gasteiger charge is 2.38. The molecule has 1 aromatic carbocycles. The predicted octanol–water partition coefficient (Wildman–Crippen LogP) is 2.99.